The number of rotatable bonds is 2. The Morgan fingerprint density at radius 2 is 2.04 bits per heavy atom. The van der Waals surface area contributed by atoms with E-state index in [4.69, 9.17) is 5.11 Å². The molecule has 12 heteroatoms. The van der Waals surface area contributed by atoms with Gasteiger partial charge in [0.25, 0.3) is 5.56 Å². The van der Waals surface area contributed by atoms with Crippen LogP contribution in [0.1, 0.15) is 26.5 Å². The van der Waals surface area contributed by atoms with Crippen molar-refractivity contribution in [3.05, 3.63) is 50.4 Å². The Morgan fingerprint density at radius 3 is 2.64 bits per heavy atom. The zero-order valence-electron chi connectivity index (χ0n) is 13.9. The summed E-state index contributed by atoms with van der Waals surface area (Å²) in [6.45, 7) is 0.636. The normalized spacial score (nSPS) is 14.3. The van der Waals surface area contributed by atoms with Gasteiger partial charge in [0.1, 0.15) is 5.82 Å². The van der Waals surface area contributed by atoms with Gasteiger partial charge in [0, 0.05) is 29.7 Å². The number of thiazole rings is 1. The van der Waals surface area contributed by atoms with E-state index in [1.54, 1.807) is 4.90 Å². The lowest BCUT2D eigenvalue weighted by Gasteiger charge is -2.27. The van der Waals surface area contributed by atoms with Crippen molar-refractivity contribution in [1.29, 1.82) is 0 Å². The lowest BCUT2D eigenvalue weighted by molar-refractivity contribution is -0.137. The van der Waals surface area contributed by atoms with Gasteiger partial charge >= 0.3 is 12.1 Å². The number of aromatic carboxylic acids is 1. The van der Waals surface area contributed by atoms with Crippen LogP contribution in [0, 0.1) is 0 Å². The molecule has 0 saturated carbocycles. The molecule has 0 spiro atoms. The van der Waals surface area contributed by atoms with E-state index < -0.39 is 34.7 Å². The van der Waals surface area contributed by atoms with Crippen molar-refractivity contribution in [3.8, 4) is 5.88 Å². The van der Waals surface area contributed by atoms with Gasteiger partial charge in [-0.1, -0.05) is 11.3 Å². The zero-order valence-corrected chi connectivity index (χ0v) is 14.7. The second-order valence-electron chi connectivity index (χ2n) is 6.09. The van der Waals surface area contributed by atoms with Gasteiger partial charge in [0.05, 0.1) is 12.1 Å². The number of alkyl halides is 3. The highest BCUT2D eigenvalue weighted by Crippen LogP contribution is 2.32. The summed E-state index contributed by atoms with van der Waals surface area (Å²) in [5, 5.41) is 18.8. The molecule has 0 amide bonds. The van der Waals surface area contributed by atoms with E-state index >= 15 is 0 Å². The van der Waals surface area contributed by atoms with Crippen molar-refractivity contribution in [2.75, 3.05) is 11.4 Å². The third-order valence-electron chi connectivity index (χ3n) is 4.41. The van der Waals surface area contributed by atoms with Crippen molar-refractivity contribution in [1.82, 2.24) is 14.4 Å². The van der Waals surface area contributed by atoms with Crippen molar-refractivity contribution in [3.63, 3.8) is 0 Å². The first-order valence-corrected chi connectivity index (χ1v) is 8.76. The molecule has 28 heavy (non-hydrogen) atoms. The number of carbonyl (C=O) groups is 1. The van der Waals surface area contributed by atoms with Gasteiger partial charge in [0.2, 0.25) is 10.8 Å². The van der Waals surface area contributed by atoms with Crippen molar-refractivity contribution >= 4 is 28.1 Å². The molecule has 3 aromatic heterocycles. The van der Waals surface area contributed by atoms with Gasteiger partial charge in [-0.3, -0.25) is 9.20 Å². The van der Waals surface area contributed by atoms with Gasteiger partial charge in [-0.15, -0.1) is 0 Å². The fourth-order valence-electron chi connectivity index (χ4n) is 3.08. The van der Waals surface area contributed by atoms with E-state index in [0.29, 0.717) is 29.4 Å². The van der Waals surface area contributed by atoms with E-state index in [2.05, 4.69) is 9.97 Å². The van der Waals surface area contributed by atoms with Crippen LogP contribution in [0.4, 0.5) is 19.0 Å². The summed E-state index contributed by atoms with van der Waals surface area (Å²) in [6, 6.07) is 2.23. The van der Waals surface area contributed by atoms with Crippen LogP contribution in [0.2, 0.25) is 0 Å². The number of hydrogen-bond acceptors (Lipinski definition) is 7. The van der Waals surface area contributed by atoms with Gasteiger partial charge in [-0.2, -0.15) is 18.2 Å². The molecule has 0 aromatic carbocycles. The van der Waals surface area contributed by atoms with Crippen LogP contribution in [-0.2, 0) is 19.1 Å². The fraction of sp³-hybridized carbons (Fsp3) is 0.250. The Labute approximate surface area is 158 Å². The summed E-state index contributed by atoms with van der Waals surface area (Å²) in [7, 11) is 0. The number of carboxylic acid groups (broad SMARTS) is 1. The summed E-state index contributed by atoms with van der Waals surface area (Å²) in [4.78, 5) is 33.9. The predicted molar refractivity (Wildman–Crippen MR) is 92.0 cm³/mol. The average molecular weight is 412 g/mol. The number of nitrogens with zero attached hydrogens (tertiary/aromatic N) is 4. The minimum atomic E-state index is -4.47. The smallest absolute Gasteiger partial charge is 0.417 e. The second-order valence-corrected chi connectivity index (χ2v) is 7.15. The van der Waals surface area contributed by atoms with Crippen LogP contribution >= 0.6 is 11.3 Å². The Kier molecular flexibility index (Phi) is 4.03. The average Bonchev–Trinajstić information content (AvgIpc) is 2.98. The first-order valence-electron chi connectivity index (χ1n) is 7.94. The number of halogens is 3. The Hall–Kier alpha value is -3.15. The summed E-state index contributed by atoms with van der Waals surface area (Å²) in [6.07, 6.45) is -3.37. The van der Waals surface area contributed by atoms with Gasteiger partial charge in [-0.25, -0.2) is 9.78 Å². The molecule has 0 saturated heterocycles. The third kappa shape index (κ3) is 2.85. The molecule has 4 rings (SSSR count). The summed E-state index contributed by atoms with van der Waals surface area (Å²) in [5.74, 6) is -2.07. The lowest BCUT2D eigenvalue weighted by atomic mass is 10.1. The predicted octanol–water partition coefficient (Wildman–Crippen LogP) is 2.14. The van der Waals surface area contributed by atoms with Gasteiger partial charge in [0.15, 0.2) is 5.56 Å². The second kappa shape index (κ2) is 6.19. The number of carboxylic acids is 1. The van der Waals surface area contributed by atoms with Gasteiger partial charge < -0.3 is 15.1 Å². The molecule has 1 aliphatic rings. The SMILES string of the molecule is O=C(O)c1c(O)nc2sc3c(n2c1=O)CCN(c1ccc(C(F)(F)F)cn1)C3. The maximum atomic E-state index is 12.7. The van der Waals surface area contributed by atoms with E-state index in [9.17, 15) is 27.9 Å². The third-order valence-corrected chi connectivity index (χ3v) is 5.47. The molecule has 0 radical (unpaired) electrons. The molecular formula is C16H11F3N4O4S. The highest BCUT2D eigenvalue weighted by Gasteiger charge is 2.31. The molecule has 0 aliphatic carbocycles. The number of aromatic nitrogens is 3. The maximum Gasteiger partial charge on any atom is 0.417 e. The number of fused-ring (bicyclic) bond motifs is 3. The van der Waals surface area contributed by atoms with Crippen molar-refractivity contribution in [2.45, 2.75) is 19.1 Å². The van der Waals surface area contributed by atoms with Crippen LogP contribution < -0.4 is 10.5 Å². The first kappa shape index (κ1) is 18.2. The van der Waals surface area contributed by atoms with Gasteiger partial charge in [-0.05, 0) is 12.1 Å². The van der Waals surface area contributed by atoms with Crippen LogP contribution in [0.15, 0.2) is 23.1 Å². The summed E-state index contributed by atoms with van der Waals surface area (Å²) < 4.78 is 39.2. The van der Waals surface area contributed by atoms with Crippen LogP contribution in [0.5, 0.6) is 5.88 Å². The molecule has 0 atom stereocenters. The van der Waals surface area contributed by atoms with Crippen LogP contribution in [0.25, 0.3) is 4.96 Å². The minimum Gasteiger partial charge on any atom is -0.492 e. The minimum absolute atomic E-state index is 0.153. The number of aromatic hydroxyl groups is 1. The number of pyridine rings is 1. The van der Waals surface area contributed by atoms with Crippen LogP contribution in [-0.4, -0.2) is 37.1 Å². The molecule has 8 nitrogen and oxygen atoms in total. The monoisotopic (exact) mass is 412 g/mol. The molecule has 146 valence electrons. The Morgan fingerprint density at radius 1 is 1.29 bits per heavy atom. The number of anilines is 1. The molecule has 1 aliphatic heterocycles. The summed E-state index contributed by atoms with van der Waals surface area (Å²) >= 11 is 1.10. The summed E-state index contributed by atoms with van der Waals surface area (Å²) in [5.41, 5.74) is -1.94. The highest BCUT2D eigenvalue weighted by molar-refractivity contribution is 7.17. The van der Waals surface area contributed by atoms with Crippen LogP contribution in [0.3, 0.4) is 0 Å². The standard InChI is InChI=1S/C16H11F3N4O4S/c17-16(18,19)7-1-2-10(20-5-7)22-4-3-8-9(6-22)28-15-21-12(24)11(14(26)27)13(25)23(8)15/h1-2,5,24H,3-4,6H2,(H,26,27). The first-order chi connectivity index (χ1) is 13.2. The zero-order chi connectivity index (χ0) is 20.2. The largest absolute Gasteiger partial charge is 0.492 e. The molecule has 0 fully saturated rings. The molecule has 4 heterocycles. The Balaban J connectivity index is 1.72. The molecule has 2 N–H and O–H groups in total. The topological polar surface area (TPSA) is 108 Å². The van der Waals surface area contributed by atoms with Crippen molar-refractivity contribution in [2.24, 2.45) is 0 Å². The van der Waals surface area contributed by atoms with E-state index in [1.807, 2.05) is 0 Å². The van der Waals surface area contributed by atoms with Crippen molar-refractivity contribution < 1.29 is 28.2 Å². The quantitative estimate of drug-likeness (QED) is 0.664. The molecule has 0 unspecified atom stereocenters. The van der Waals surface area contributed by atoms with E-state index in [-0.39, 0.29) is 11.5 Å². The van der Waals surface area contributed by atoms with E-state index in [0.717, 1.165) is 23.6 Å². The van der Waals surface area contributed by atoms with E-state index in [1.165, 1.54) is 10.5 Å². The molecule has 3 aromatic rings. The molecule has 0 bridgehead atoms. The molecular weight excluding hydrogens is 401 g/mol. The maximum absolute atomic E-state index is 12.7. The number of hydrogen-bond donors (Lipinski definition) is 2. The highest BCUT2D eigenvalue weighted by atomic mass is 32.1. The Bertz CT molecular complexity index is 1150. The lowest BCUT2D eigenvalue weighted by Crippen LogP contribution is -2.32. The fourth-order valence-corrected chi connectivity index (χ4v) is 4.25.